The highest BCUT2D eigenvalue weighted by Gasteiger charge is 2.33. The monoisotopic (exact) mass is 379 g/mol. The van der Waals surface area contributed by atoms with E-state index in [1.165, 1.54) is 0 Å². The smallest absolute Gasteiger partial charge is 0.231 e. The third kappa shape index (κ3) is 1.88. The number of methoxy groups -OCH3 is 1. The van der Waals surface area contributed by atoms with Gasteiger partial charge in [-0.1, -0.05) is 0 Å². The summed E-state index contributed by atoms with van der Waals surface area (Å²) in [5, 5.41) is 12.4. The third-order valence-electron chi connectivity index (χ3n) is 5.57. The van der Waals surface area contributed by atoms with E-state index in [0.717, 1.165) is 38.9 Å². The van der Waals surface area contributed by atoms with E-state index in [4.69, 9.17) is 23.7 Å². The minimum atomic E-state index is 0.174. The van der Waals surface area contributed by atoms with E-state index in [2.05, 4.69) is 4.90 Å². The number of fused-ring (bicyclic) bond motifs is 8. The van der Waals surface area contributed by atoms with Crippen molar-refractivity contribution in [3.05, 3.63) is 29.8 Å². The minimum absolute atomic E-state index is 0.174. The van der Waals surface area contributed by atoms with Gasteiger partial charge in [-0.05, 0) is 18.2 Å². The molecule has 1 N–H and O–H groups in total. The summed E-state index contributed by atoms with van der Waals surface area (Å²) in [6, 6.07) is 7.38. The number of phenolic OH excluding ortho intramolecular Hbond substituents is 1. The maximum absolute atomic E-state index is 10.8. The molecule has 0 spiro atoms. The predicted molar refractivity (Wildman–Crippen MR) is 102 cm³/mol. The van der Waals surface area contributed by atoms with E-state index in [9.17, 15) is 5.11 Å². The second kappa shape index (κ2) is 5.28. The molecule has 6 rings (SSSR count). The van der Waals surface area contributed by atoms with Crippen LogP contribution in [0.4, 0.5) is 5.69 Å². The zero-order valence-electron chi connectivity index (χ0n) is 15.4. The van der Waals surface area contributed by atoms with Crippen LogP contribution >= 0.6 is 0 Å². The summed E-state index contributed by atoms with van der Waals surface area (Å²) in [5.41, 5.74) is 3.77. The molecule has 3 aliphatic heterocycles. The highest BCUT2D eigenvalue weighted by atomic mass is 16.7. The molecule has 3 aromatic rings. The van der Waals surface area contributed by atoms with Crippen molar-refractivity contribution in [1.82, 2.24) is 0 Å². The lowest BCUT2D eigenvalue weighted by Gasteiger charge is -2.32. The number of rotatable bonds is 1. The van der Waals surface area contributed by atoms with Crippen LogP contribution in [0.15, 0.2) is 24.3 Å². The van der Waals surface area contributed by atoms with Crippen LogP contribution in [0, 0.1) is 0 Å². The highest BCUT2D eigenvalue weighted by molar-refractivity contribution is 6.08. The van der Waals surface area contributed by atoms with Gasteiger partial charge in [0.05, 0.1) is 12.8 Å². The van der Waals surface area contributed by atoms with Gasteiger partial charge in [0, 0.05) is 47.1 Å². The molecule has 0 fully saturated rings. The fraction of sp³-hybridized carbons (Fsp3) is 0.238. The van der Waals surface area contributed by atoms with Crippen molar-refractivity contribution >= 4 is 16.5 Å². The van der Waals surface area contributed by atoms with Gasteiger partial charge < -0.3 is 33.7 Å². The summed E-state index contributed by atoms with van der Waals surface area (Å²) in [6.45, 7) is 1.00. The quantitative estimate of drug-likeness (QED) is 0.692. The molecule has 0 aliphatic carbocycles. The topological polar surface area (TPSA) is 69.6 Å². The number of nitrogens with zero attached hydrogens (tertiary/aromatic N) is 1. The lowest BCUT2D eigenvalue weighted by atomic mass is 9.88. The van der Waals surface area contributed by atoms with Crippen LogP contribution in [0.2, 0.25) is 0 Å². The number of hydrogen-bond donors (Lipinski definition) is 1. The molecular formula is C21H17NO6. The van der Waals surface area contributed by atoms with E-state index in [-0.39, 0.29) is 19.3 Å². The van der Waals surface area contributed by atoms with Gasteiger partial charge in [-0.15, -0.1) is 0 Å². The van der Waals surface area contributed by atoms with Crippen molar-refractivity contribution in [2.24, 2.45) is 0 Å². The first kappa shape index (κ1) is 15.6. The normalized spacial score (nSPS) is 15.6. The van der Waals surface area contributed by atoms with Gasteiger partial charge in [0.2, 0.25) is 13.6 Å². The molecule has 0 amide bonds. The minimum Gasteiger partial charge on any atom is -0.507 e. The van der Waals surface area contributed by atoms with Crippen molar-refractivity contribution in [2.45, 2.75) is 6.54 Å². The number of anilines is 1. The van der Waals surface area contributed by atoms with E-state index in [1.807, 2.05) is 25.2 Å². The fourth-order valence-electron chi connectivity index (χ4n) is 4.39. The second-order valence-corrected chi connectivity index (χ2v) is 7.07. The van der Waals surface area contributed by atoms with Gasteiger partial charge in [-0.2, -0.15) is 0 Å². The van der Waals surface area contributed by atoms with Gasteiger partial charge in [0.1, 0.15) is 11.5 Å². The van der Waals surface area contributed by atoms with Crippen LogP contribution in [0.25, 0.3) is 21.9 Å². The van der Waals surface area contributed by atoms with Crippen molar-refractivity contribution in [1.29, 1.82) is 0 Å². The van der Waals surface area contributed by atoms with Gasteiger partial charge in [0.15, 0.2) is 23.0 Å². The molecule has 3 aliphatic rings. The Morgan fingerprint density at radius 1 is 0.929 bits per heavy atom. The molecular weight excluding hydrogens is 362 g/mol. The van der Waals surface area contributed by atoms with Crippen LogP contribution in [0.3, 0.4) is 0 Å². The Morgan fingerprint density at radius 3 is 2.43 bits per heavy atom. The molecule has 3 heterocycles. The van der Waals surface area contributed by atoms with Crippen LogP contribution in [0.1, 0.15) is 5.56 Å². The molecule has 0 saturated carbocycles. The lowest BCUT2D eigenvalue weighted by molar-refractivity contribution is 0.173. The number of hydrogen-bond acceptors (Lipinski definition) is 7. The maximum atomic E-state index is 10.8. The molecule has 7 heteroatoms. The molecule has 28 heavy (non-hydrogen) atoms. The first-order valence-corrected chi connectivity index (χ1v) is 8.96. The van der Waals surface area contributed by atoms with Gasteiger partial charge in [-0.25, -0.2) is 0 Å². The van der Waals surface area contributed by atoms with Crippen molar-refractivity contribution in [3.8, 4) is 45.6 Å². The van der Waals surface area contributed by atoms with E-state index < -0.39 is 0 Å². The Morgan fingerprint density at radius 2 is 1.64 bits per heavy atom. The lowest BCUT2D eigenvalue weighted by Crippen LogP contribution is -2.22. The zero-order valence-corrected chi connectivity index (χ0v) is 15.4. The van der Waals surface area contributed by atoms with Gasteiger partial charge in [-0.3, -0.25) is 0 Å². The fourth-order valence-corrected chi connectivity index (χ4v) is 4.39. The molecule has 0 saturated heterocycles. The third-order valence-corrected chi connectivity index (χ3v) is 5.57. The summed E-state index contributed by atoms with van der Waals surface area (Å²) in [6.07, 6.45) is 0. The summed E-state index contributed by atoms with van der Waals surface area (Å²) in [5.74, 6) is 3.60. The van der Waals surface area contributed by atoms with Crippen molar-refractivity contribution in [2.75, 3.05) is 32.6 Å². The number of aromatic hydroxyl groups is 1. The zero-order chi connectivity index (χ0) is 19.0. The van der Waals surface area contributed by atoms with Crippen molar-refractivity contribution < 1.29 is 28.8 Å². The maximum Gasteiger partial charge on any atom is 0.231 e. The van der Waals surface area contributed by atoms with Crippen LogP contribution in [-0.4, -0.2) is 32.8 Å². The molecule has 7 nitrogen and oxygen atoms in total. The first-order chi connectivity index (χ1) is 13.7. The predicted octanol–water partition coefficient (Wildman–Crippen LogP) is 3.63. The highest BCUT2D eigenvalue weighted by Crippen LogP contribution is 2.55. The van der Waals surface area contributed by atoms with E-state index >= 15 is 0 Å². The molecule has 0 unspecified atom stereocenters. The molecule has 3 aromatic carbocycles. The van der Waals surface area contributed by atoms with Crippen LogP contribution < -0.4 is 28.6 Å². The Bertz CT molecular complexity index is 1170. The average molecular weight is 379 g/mol. The summed E-state index contributed by atoms with van der Waals surface area (Å²) in [4.78, 5) is 2.14. The Labute approximate surface area is 160 Å². The molecule has 0 radical (unpaired) electrons. The number of phenols is 1. The SMILES string of the molecule is COc1cc2c(c3c1-c1cc(O)c4cc5c(cc4c1N(C)C3)OCO5)OCO2. The van der Waals surface area contributed by atoms with Crippen molar-refractivity contribution in [3.63, 3.8) is 0 Å². The molecule has 0 atom stereocenters. The summed E-state index contributed by atoms with van der Waals surface area (Å²) in [7, 11) is 3.65. The standard InChI is InChI=1S/C21H17NO6/c1-22-7-13-19(17(24-2)6-18-21(13)28-9-27-18)12-3-14(23)10-4-15-16(26-8-25-15)5-11(10)20(12)22/h3-6,23H,7-9H2,1-2H3. The Hall–Kier alpha value is -3.48. The van der Waals surface area contributed by atoms with E-state index in [1.54, 1.807) is 13.2 Å². The number of benzene rings is 3. The summed E-state index contributed by atoms with van der Waals surface area (Å²) >= 11 is 0. The van der Waals surface area contributed by atoms with E-state index in [0.29, 0.717) is 29.5 Å². The molecule has 0 bridgehead atoms. The van der Waals surface area contributed by atoms with Gasteiger partial charge >= 0.3 is 0 Å². The largest absolute Gasteiger partial charge is 0.507 e. The Balaban J connectivity index is 1.72. The van der Waals surface area contributed by atoms with Gasteiger partial charge in [0.25, 0.3) is 0 Å². The second-order valence-electron chi connectivity index (χ2n) is 7.07. The first-order valence-electron chi connectivity index (χ1n) is 8.96. The molecule has 0 aromatic heterocycles. The average Bonchev–Trinajstić information content (AvgIpc) is 3.34. The van der Waals surface area contributed by atoms with Crippen LogP contribution in [-0.2, 0) is 6.54 Å². The molecule has 142 valence electrons. The Kier molecular flexibility index (Phi) is 2.94. The summed E-state index contributed by atoms with van der Waals surface area (Å²) < 4.78 is 28.0. The number of ether oxygens (including phenoxy) is 5. The van der Waals surface area contributed by atoms with Crippen LogP contribution in [0.5, 0.6) is 34.5 Å².